The minimum absolute atomic E-state index is 0.310. The van der Waals surface area contributed by atoms with Gasteiger partial charge in [0, 0.05) is 11.7 Å². The molecule has 0 bridgehead atoms. The van der Waals surface area contributed by atoms with Crippen molar-refractivity contribution < 1.29 is 9.09 Å². The minimum atomic E-state index is -2.65. The zero-order valence-corrected chi connectivity index (χ0v) is 9.98. The second-order valence-corrected chi connectivity index (χ2v) is 6.13. The summed E-state index contributed by atoms with van der Waals surface area (Å²) in [4.78, 5) is 0. The van der Waals surface area contributed by atoms with Gasteiger partial charge in [0.25, 0.3) is 0 Å². The molecular formula is C13H15O2P. The third-order valence-electron chi connectivity index (χ3n) is 2.65. The van der Waals surface area contributed by atoms with Crippen LogP contribution in [-0.4, -0.2) is 6.61 Å². The van der Waals surface area contributed by atoms with Crippen molar-refractivity contribution in [3.63, 3.8) is 0 Å². The highest BCUT2D eigenvalue weighted by Crippen LogP contribution is 2.52. The van der Waals surface area contributed by atoms with Crippen LogP contribution in [0.1, 0.15) is 5.56 Å². The van der Waals surface area contributed by atoms with E-state index in [0.717, 1.165) is 6.42 Å². The predicted molar refractivity (Wildman–Crippen MR) is 66.5 cm³/mol. The molecule has 0 saturated heterocycles. The molecule has 0 fully saturated rings. The first-order chi connectivity index (χ1) is 7.72. The quantitative estimate of drug-likeness (QED) is 0.743. The Kier molecular flexibility index (Phi) is 3.42. The van der Waals surface area contributed by atoms with E-state index >= 15 is 0 Å². The molecule has 0 spiro atoms. The fourth-order valence-corrected chi connectivity index (χ4v) is 2.93. The molecule has 3 heteroatoms. The van der Waals surface area contributed by atoms with Crippen LogP contribution in [0.15, 0.2) is 54.6 Å². The van der Waals surface area contributed by atoms with E-state index in [0.29, 0.717) is 12.5 Å². The minimum Gasteiger partial charge on any atom is -0.322 e. The molecule has 0 saturated carbocycles. The molecule has 1 heterocycles. The van der Waals surface area contributed by atoms with Crippen molar-refractivity contribution in [2.75, 3.05) is 6.61 Å². The van der Waals surface area contributed by atoms with Gasteiger partial charge in [-0.3, -0.25) is 4.57 Å². The summed E-state index contributed by atoms with van der Waals surface area (Å²) in [5.41, 5.74) is 1.27. The fourth-order valence-electron chi connectivity index (χ4n) is 1.71. The maximum absolute atomic E-state index is 11.8. The van der Waals surface area contributed by atoms with Crippen LogP contribution >= 0.6 is 7.37 Å². The SMILES string of the molecule is C=C[P@]1(=O)C=C[C@H](Cc2ccccc2)CO1. The van der Waals surface area contributed by atoms with Gasteiger partial charge in [-0.25, -0.2) is 0 Å². The van der Waals surface area contributed by atoms with E-state index in [1.165, 1.54) is 11.4 Å². The molecule has 0 amide bonds. The van der Waals surface area contributed by atoms with Gasteiger partial charge in [-0.2, -0.15) is 0 Å². The molecular weight excluding hydrogens is 219 g/mol. The molecule has 2 nitrogen and oxygen atoms in total. The summed E-state index contributed by atoms with van der Waals surface area (Å²) >= 11 is 0. The molecule has 1 aliphatic heterocycles. The molecule has 0 N–H and O–H groups in total. The average Bonchev–Trinajstić information content (AvgIpc) is 2.34. The predicted octanol–water partition coefficient (Wildman–Crippen LogP) is 3.81. The first-order valence-corrected chi connectivity index (χ1v) is 7.09. The topological polar surface area (TPSA) is 26.3 Å². The van der Waals surface area contributed by atoms with Gasteiger partial charge in [0.2, 0.25) is 7.37 Å². The van der Waals surface area contributed by atoms with E-state index in [1.54, 1.807) is 5.82 Å². The summed E-state index contributed by atoms with van der Waals surface area (Å²) < 4.78 is 17.1. The van der Waals surface area contributed by atoms with E-state index in [1.807, 2.05) is 24.3 Å². The van der Waals surface area contributed by atoms with Gasteiger partial charge in [0.15, 0.2) is 0 Å². The van der Waals surface area contributed by atoms with Gasteiger partial charge in [0.1, 0.15) is 0 Å². The van der Waals surface area contributed by atoms with Crippen LogP contribution in [-0.2, 0) is 15.5 Å². The zero-order valence-electron chi connectivity index (χ0n) is 9.08. The summed E-state index contributed by atoms with van der Waals surface area (Å²) in [7, 11) is -2.65. The molecule has 0 radical (unpaired) electrons. The number of hydrogen-bond acceptors (Lipinski definition) is 2. The molecule has 84 valence electrons. The van der Waals surface area contributed by atoms with E-state index in [9.17, 15) is 4.57 Å². The molecule has 1 aromatic carbocycles. The Morgan fingerprint density at radius 1 is 1.44 bits per heavy atom. The molecule has 1 aromatic rings. The van der Waals surface area contributed by atoms with Crippen molar-refractivity contribution >= 4 is 7.37 Å². The standard InChI is InChI=1S/C13H15O2P/c1-2-16(14)9-8-13(11-15-16)10-12-6-4-3-5-7-12/h2-9,13H,1,10-11H2/t13-,16-/m1/s1. The largest absolute Gasteiger partial charge is 0.322 e. The Labute approximate surface area is 96.1 Å². The smallest absolute Gasteiger partial charge is 0.246 e. The number of benzene rings is 1. The lowest BCUT2D eigenvalue weighted by molar-refractivity contribution is 0.276. The van der Waals surface area contributed by atoms with Gasteiger partial charge in [-0.15, -0.1) is 0 Å². The third-order valence-corrected chi connectivity index (χ3v) is 4.30. The maximum Gasteiger partial charge on any atom is 0.246 e. The molecule has 0 unspecified atom stereocenters. The molecule has 0 aromatic heterocycles. The highest BCUT2D eigenvalue weighted by molar-refractivity contribution is 7.65. The lowest BCUT2D eigenvalue weighted by Crippen LogP contribution is -2.12. The summed E-state index contributed by atoms with van der Waals surface area (Å²) in [6.45, 7) is 4.03. The Morgan fingerprint density at radius 2 is 2.19 bits per heavy atom. The van der Waals surface area contributed by atoms with Crippen LogP contribution in [0.2, 0.25) is 0 Å². The lowest BCUT2D eigenvalue weighted by Gasteiger charge is -2.21. The number of hydrogen-bond donors (Lipinski definition) is 0. The molecule has 2 rings (SSSR count). The van der Waals surface area contributed by atoms with E-state index in [-0.39, 0.29) is 0 Å². The van der Waals surface area contributed by atoms with E-state index < -0.39 is 7.37 Å². The zero-order chi connectivity index (χ0) is 11.4. The summed E-state index contributed by atoms with van der Waals surface area (Å²) in [5.74, 6) is 3.38. The van der Waals surface area contributed by atoms with E-state index in [4.69, 9.17) is 4.52 Å². The van der Waals surface area contributed by atoms with Crippen molar-refractivity contribution in [2.45, 2.75) is 6.42 Å². The molecule has 0 aliphatic carbocycles. The molecule has 1 aliphatic rings. The van der Waals surface area contributed by atoms with Crippen LogP contribution in [0, 0.1) is 5.92 Å². The van der Waals surface area contributed by atoms with Crippen LogP contribution < -0.4 is 0 Å². The first-order valence-electron chi connectivity index (χ1n) is 5.33. The lowest BCUT2D eigenvalue weighted by atomic mass is 10.0. The second kappa shape index (κ2) is 4.82. The van der Waals surface area contributed by atoms with Crippen molar-refractivity contribution in [1.82, 2.24) is 0 Å². The summed E-state index contributed by atoms with van der Waals surface area (Å²) in [6.07, 6.45) is 2.91. The maximum atomic E-state index is 11.8. The van der Waals surface area contributed by atoms with E-state index in [2.05, 4.69) is 18.7 Å². The first kappa shape index (κ1) is 11.4. The average molecular weight is 234 g/mol. The molecule has 2 atom stereocenters. The Morgan fingerprint density at radius 3 is 2.75 bits per heavy atom. The molecule has 16 heavy (non-hydrogen) atoms. The summed E-state index contributed by atoms with van der Waals surface area (Å²) in [6, 6.07) is 10.2. The van der Waals surface area contributed by atoms with Gasteiger partial charge in [-0.05, 0) is 17.8 Å². The van der Waals surface area contributed by atoms with Crippen LogP contribution in [0.5, 0.6) is 0 Å². The van der Waals surface area contributed by atoms with Gasteiger partial charge in [-0.1, -0.05) is 43.0 Å². The fraction of sp³-hybridized carbons (Fsp3) is 0.231. The Balaban J connectivity index is 2.02. The highest BCUT2D eigenvalue weighted by Gasteiger charge is 2.22. The van der Waals surface area contributed by atoms with Gasteiger partial charge >= 0.3 is 0 Å². The van der Waals surface area contributed by atoms with Crippen LogP contribution in [0.4, 0.5) is 0 Å². The highest BCUT2D eigenvalue weighted by atomic mass is 31.2. The van der Waals surface area contributed by atoms with Crippen molar-refractivity contribution in [3.05, 3.63) is 60.2 Å². The van der Waals surface area contributed by atoms with Crippen molar-refractivity contribution in [3.8, 4) is 0 Å². The number of rotatable bonds is 3. The van der Waals surface area contributed by atoms with Gasteiger partial charge in [0.05, 0.1) is 6.61 Å². The second-order valence-electron chi connectivity index (χ2n) is 3.91. The Hall–Kier alpha value is -1.11. The van der Waals surface area contributed by atoms with Crippen LogP contribution in [0.25, 0.3) is 0 Å². The summed E-state index contributed by atoms with van der Waals surface area (Å²) in [5, 5.41) is 0. The van der Waals surface area contributed by atoms with Gasteiger partial charge < -0.3 is 4.52 Å². The monoisotopic (exact) mass is 234 g/mol. The normalized spacial score (nSPS) is 28.9. The van der Waals surface area contributed by atoms with Crippen molar-refractivity contribution in [1.29, 1.82) is 0 Å². The Bertz CT molecular complexity index is 437. The van der Waals surface area contributed by atoms with Crippen LogP contribution in [0.3, 0.4) is 0 Å². The van der Waals surface area contributed by atoms with Crippen molar-refractivity contribution in [2.24, 2.45) is 5.92 Å². The third kappa shape index (κ3) is 2.72.